The summed E-state index contributed by atoms with van der Waals surface area (Å²) in [5, 5.41) is 3.35. The smallest absolute Gasteiger partial charge is 0.225 e. The van der Waals surface area contributed by atoms with Crippen molar-refractivity contribution < 1.29 is 4.79 Å². The Bertz CT molecular complexity index is 464. The molecule has 3 N–H and O–H groups in total. The molecule has 3 fully saturated rings. The molecule has 0 aromatic rings. The lowest BCUT2D eigenvalue weighted by Gasteiger charge is -2.50. The second kappa shape index (κ2) is 12.2. The van der Waals surface area contributed by atoms with E-state index < -0.39 is 0 Å². The topological polar surface area (TPSA) is 61.6 Å². The highest BCUT2D eigenvalue weighted by Crippen LogP contribution is 2.33. The van der Waals surface area contributed by atoms with Crippen molar-refractivity contribution in [3.63, 3.8) is 0 Å². The van der Waals surface area contributed by atoms with Crippen LogP contribution in [-0.2, 0) is 4.79 Å². The second-order valence-electron chi connectivity index (χ2n) is 9.10. The standard InChI is InChI=1S/C20H38N4O.3ClH/c1-19(21)9-5-4-8-17(19)18(25)22-16-20(10-14-23(2)15-11-20)24-12-6-3-7-13-24;;;/h17H,3-16,21H2,1-2H3,(H,22,25);3*1H. The third-order valence-electron chi connectivity index (χ3n) is 7.11. The van der Waals surface area contributed by atoms with Gasteiger partial charge in [-0.2, -0.15) is 0 Å². The first-order valence-corrected chi connectivity index (χ1v) is 10.4. The van der Waals surface area contributed by atoms with Crippen LogP contribution in [0.5, 0.6) is 0 Å². The monoisotopic (exact) mass is 458 g/mol. The maximum Gasteiger partial charge on any atom is 0.225 e. The number of hydrogen-bond acceptors (Lipinski definition) is 4. The third kappa shape index (κ3) is 6.61. The summed E-state index contributed by atoms with van der Waals surface area (Å²) in [4.78, 5) is 18.0. The highest BCUT2D eigenvalue weighted by atomic mass is 35.5. The Morgan fingerprint density at radius 2 is 1.57 bits per heavy atom. The summed E-state index contributed by atoms with van der Waals surface area (Å²) in [6.45, 7) is 7.50. The van der Waals surface area contributed by atoms with Gasteiger partial charge in [-0.15, -0.1) is 37.2 Å². The highest BCUT2D eigenvalue weighted by Gasteiger charge is 2.42. The van der Waals surface area contributed by atoms with E-state index in [-0.39, 0.29) is 60.1 Å². The number of nitrogens with zero attached hydrogens (tertiary/aromatic N) is 2. The molecule has 28 heavy (non-hydrogen) atoms. The van der Waals surface area contributed by atoms with Crippen LogP contribution in [0.3, 0.4) is 0 Å². The van der Waals surface area contributed by atoms with Crippen LogP contribution in [0.15, 0.2) is 0 Å². The van der Waals surface area contributed by atoms with Gasteiger partial charge < -0.3 is 16.0 Å². The van der Waals surface area contributed by atoms with Crippen molar-refractivity contribution in [1.29, 1.82) is 0 Å². The molecule has 2 atom stereocenters. The van der Waals surface area contributed by atoms with Gasteiger partial charge in [-0.05, 0) is 78.7 Å². The quantitative estimate of drug-likeness (QED) is 0.677. The number of halogens is 3. The van der Waals surface area contributed by atoms with Crippen LogP contribution < -0.4 is 11.1 Å². The fourth-order valence-electron chi connectivity index (χ4n) is 5.17. The Labute approximate surface area is 190 Å². The van der Waals surface area contributed by atoms with Crippen LogP contribution in [0.4, 0.5) is 0 Å². The summed E-state index contributed by atoms with van der Waals surface area (Å²) >= 11 is 0. The molecule has 2 aliphatic heterocycles. The summed E-state index contributed by atoms with van der Waals surface area (Å²) in [6, 6.07) is 0. The number of carbonyl (C=O) groups excluding carboxylic acids is 1. The zero-order valence-corrected chi connectivity index (χ0v) is 20.0. The molecule has 2 unspecified atom stereocenters. The maximum atomic E-state index is 12.9. The molecule has 1 amide bonds. The molecule has 3 aliphatic rings. The normalized spacial score (nSPS) is 30.9. The van der Waals surface area contributed by atoms with E-state index in [1.54, 1.807) is 0 Å². The molecule has 168 valence electrons. The number of amides is 1. The van der Waals surface area contributed by atoms with Gasteiger partial charge in [0.05, 0.1) is 5.92 Å². The highest BCUT2D eigenvalue weighted by molar-refractivity contribution is 5.86. The second-order valence-corrected chi connectivity index (χ2v) is 9.10. The average Bonchev–Trinajstić information content (AvgIpc) is 2.62. The van der Waals surface area contributed by atoms with Gasteiger partial charge in [0.15, 0.2) is 0 Å². The molecule has 5 nitrogen and oxygen atoms in total. The number of rotatable bonds is 4. The lowest BCUT2D eigenvalue weighted by molar-refractivity contribution is -0.129. The molecule has 0 spiro atoms. The summed E-state index contributed by atoms with van der Waals surface area (Å²) in [5.41, 5.74) is 6.26. The molecule has 2 saturated heterocycles. The lowest BCUT2D eigenvalue weighted by Crippen LogP contribution is -2.62. The molecule has 3 rings (SSSR count). The number of likely N-dealkylation sites (tertiary alicyclic amines) is 2. The van der Waals surface area contributed by atoms with Gasteiger partial charge >= 0.3 is 0 Å². The summed E-state index contributed by atoms with van der Waals surface area (Å²) in [6.07, 6.45) is 10.5. The fourth-order valence-corrected chi connectivity index (χ4v) is 5.17. The van der Waals surface area contributed by atoms with Gasteiger partial charge in [0.1, 0.15) is 0 Å². The van der Waals surface area contributed by atoms with Crippen molar-refractivity contribution in [2.24, 2.45) is 11.7 Å². The van der Waals surface area contributed by atoms with Crippen LogP contribution in [0.1, 0.15) is 64.7 Å². The van der Waals surface area contributed by atoms with Gasteiger partial charge in [-0.3, -0.25) is 9.69 Å². The molecule has 2 heterocycles. The number of piperidine rings is 2. The van der Waals surface area contributed by atoms with Crippen molar-refractivity contribution in [2.75, 3.05) is 39.8 Å². The van der Waals surface area contributed by atoms with Gasteiger partial charge in [-0.25, -0.2) is 0 Å². The Morgan fingerprint density at radius 1 is 0.964 bits per heavy atom. The molecular weight excluding hydrogens is 419 g/mol. The summed E-state index contributed by atoms with van der Waals surface area (Å²) in [7, 11) is 2.21. The minimum atomic E-state index is -0.340. The van der Waals surface area contributed by atoms with Crippen LogP contribution in [0.25, 0.3) is 0 Å². The molecule has 0 bridgehead atoms. The van der Waals surface area contributed by atoms with Crippen LogP contribution in [0.2, 0.25) is 0 Å². The minimum absolute atomic E-state index is 0. The molecule has 1 saturated carbocycles. The predicted octanol–water partition coefficient (Wildman–Crippen LogP) is 3.23. The van der Waals surface area contributed by atoms with E-state index in [2.05, 4.69) is 29.1 Å². The molecule has 0 radical (unpaired) electrons. The first-order valence-electron chi connectivity index (χ1n) is 10.4. The molecule has 1 aliphatic carbocycles. The lowest BCUT2D eigenvalue weighted by atomic mass is 9.74. The van der Waals surface area contributed by atoms with E-state index in [4.69, 9.17) is 5.73 Å². The Morgan fingerprint density at radius 3 is 2.14 bits per heavy atom. The molecular formula is C20H41Cl3N4O. The van der Waals surface area contributed by atoms with Crippen molar-refractivity contribution in [3.05, 3.63) is 0 Å². The summed E-state index contributed by atoms with van der Waals surface area (Å²) in [5.74, 6) is 0.172. The van der Waals surface area contributed by atoms with E-state index >= 15 is 0 Å². The first kappa shape index (κ1) is 28.2. The van der Waals surface area contributed by atoms with Crippen LogP contribution in [-0.4, -0.2) is 66.6 Å². The average molecular weight is 460 g/mol. The summed E-state index contributed by atoms with van der Waals surface area (Å²) < 4.78 is 0. The Balaban J connectivity index is 0.00000243. The van der Waals surface area contributed by atoms with E-state index in [1.165, 1.54) is 32.4 Å². The van der Waals surface area contributed by atoms with Gasteiger partial charge in [0.25, 0.3) is 0 Å². The van der Waals surface area contributed by atoms with E-state index in [1.807, 2.05) is 0 Å². The predicted molar refractivity (Wildman–Crippen MR) is 124 cm³/mol. The Hall–Kier alpha value is 0.220. The van der Waals surface area contributed by atoms with Gasteiger partial charge in [0, 0.05) is 17.6 Å². The maximum absolute atomic E-state index is 12.9. The molecule has 0 aromatic heterocycles. The zero-order chi connectivity index (χ0) is 17.9. The van der Waals surface area contributed by atoms with Gasteiger partial charge in [-0.1, -0.05) is 19.3 Å². The number of nitrogens with one attached hydrogen (secondary N) is 1. The molecule has 0 aromatic carbocycles. The van der Waals surface area contributed by atoms with E-state index in [0.717, 1.165) is 58.2 Å². The van der Waals surface area contributed by atoms with Crippen molar-refractivity contribution in [2.45, 2.75) is 75.8 Å². The SMILES string of the molecule is CN1CCC(CNC(=O)C2CCCCC2(C)N)(N2CCCCC2)CC1.Cl.Cl.Cl. The number of nitrogens with two attached hydrogens (primary N) is 1. The van der Waals surface area contributed by atoms with Crippen molar-refractivity contribution in [1.82, 2.24) is 15.1 Å². The number of hydrogen-bond donors (Lipinski definition) is 2. The fraction of sp³-hybridized carbons (Fsp3) is 0.950. The number of carbonyl (C=O) groups is 1. The largest absolute Gasteiger partial charge is 0.354 e. The van der Waals surface area contributed by atoms with Crippen molar-refractivity contribution in [3.8, 4) is 0 Å². The third-order valence-corrected chi connectivity index (χ3v) is 7.11. The van der Waals surface area contributed by atoms with Crippen molar-refractivity contribution >= 4 is 43.1 Å². The zero-order valence-electron chi connectivity index (χ0n) is 17.6. The van der Waals surface area contributed by atoms with Gasteiger partial charge in [0.2, 0.25) is 5.91 Å². The Kier molecular flexibility index (Phi) is 12.3. The first-order chi connectivity index (χ1) is 11.9. The minimum Gasteiger partial charge on any atom is -0.354 e. The van der Waals surface area contributed by atoms with E-state index in [0.29, 0.717) is 0 Å². The van der Waals surface area contributed by atoms with Crippen LogP contribution >= 0.6 is 37.2 Å². The van der Waals surface area contributed by atoms with E-state index in [9.17, 15) is 4.79 Å². The molecule has 8 heteroatoms. The van der Waals surface area contributed by atoms with Crippen LogP contribution in [0, 0.1) is 5.92 Å².